The summed E-state index contributed by atoms with van der Waals surface area (Å²) in [5, 5.41) is 0. The molecule has 1 saturated heterocycles. The minimum absolute atomic E-state index is 0.495. The predicted molar refractivity (Wildman–Crippen MR) is 50.7 cm³/mol. The molecule has 1 aliphatic heterocycles. The topological polar surface area (TPSA) is 35.0 Å². The van der Waals surface area contributed by atoms with Crippen LogP contribution in [0.25, 0.3) is 0 Å². The van der Waals surface area contributed by atoms with Crippen LogP contribution in [0.15, 0.2) is 6.20 Å². The van der Waals surface area contributed by atoms with Crippen molar-refractivity contribution in [3.05, 3.63) is 11.9 Å². The maximum absolute atomic E-state index is 6.28. The van der Waals surface area contributed by atoms with E-state index in [2.05, 4.69) is 8.75 Å². The number of thioether (sulfide) groups is 1. The van der Waals surface area contributed by atoms with Crippen molar-refractivity contribution in [2.75, 3.05) is 19.0 Å². The van der Waals surface area contributed by atoms with E-state index in [0.717, 1.165) is 18.1 Å². The lowest BCUT2D eigenvalue weighted by Gasteiger charge is -2.28. The van der Waals surface area contributed by atoms with Crippen molar-refractivity contribution in [1.29, 1.82) is 0 Å². The molecule has 0 amide bonds. The standard InChI is InChI=1S/C6H7ClN2OS2/c7-6(4-10-1-2-11-6)5-3-8-12-9-5/h3H,1-2,4H2. The van der Waals surface area contributed by atoms with Crippen molar-refractivity contribution >= 4 is 35.1 Å². The van der Waals surface area contributed by atoms with Crippen LogP contribution >= 0.6 is 35.1 Å². The minimum Gasteiger partial charge on any atom is -0.377 e. The summed E-state index contributed by atoms with van der Waals surface area (Å²) in [7, 11) is 0. The molecule has 3 nitrogen and oxygen atoms in total. The molecule has 1 unspecified atom stereocenters. The number of hydrogen-bond acceptors (Lipinski definition) is 5. The zero-order valence-corrected chi connectivity index (χ0v) is 8.58. The van der Waals surface area contributed by atoms with Gasteiger partial charge in [0.2, 0.25) is 0 Å². The number of nitrogens with zero attached hydrogens (tertiary/aromatic N) is 2. The molecular formula is C6H7ClN2OS2. The highest BCUT2D eigenvalue weighted by atomic mass is 35.5. The Bertz CT molecular complexity index is 248. The normalized spacial score (nSPS) is 30.4. The molecule has 0 aliphatic carbocycles. The van der Waals surface area contributed by atoms with E-state index in [0.29, 0.717) is 6.61 Å². The zero-order valence-electron chi connectivity index (χ0n) is 6.20. The molecule has 2 heterocycles. The van der Waals surface area contributed by atoms with Crippen LogP contribution in [-0.4, -0.2) is 27.7 Å². The number of rotatable bonds is 1. The average molecular weight is 223 g/mol. The quantitative estimate of drug-likeness (QED) is 0.678. The highest BCUT2D eigenvalue weighted by Gasteiger charge is 2.35. The molecule has 0 N–H and O–H groups in total. The SMILES string of the molecule is ClC1(c2cnsn2)COCCS1. The highest BCUT2D eigenvalue weighted by molar-refractivity contribution is 8.01. The summed E-state index contributed by atoms with van der Waals surface area (Å²) in [5.74, 6) is 0.918. The Balaban J connectivity index is 2.19. The lowest BCUT2D eigenvalue weighted by Crippen LogP contribution is -2.28. The third-order valence-corrected chi connectivity index (χ3v) is 3.85. The monoisotopic (exact) mass is 222 g/mol. The first kappa shape index (κ1) is 8.74. The van der Waals surface area contributed by atoms with E-state index >= 15 is 0 Å². The summed E-state index contributed by atoms with van der Waals surface area (Å²) in [6, 6.07) is 0. The molecule has 1 atom stereocenters. The van der Waals surface area contributed by atoms with Crippen molar-refractivity contribution in [1.82, 2.24) is 8.75 Å². The molecule has 0 bridgehead atoms. The van der Waals surface area contributed by atoms with E-state index in [1.807, 2.05) is 0 Å². The molecule has 0 aromatic carbocycles. The fourth-order valence-corrected chi connectivity index (χ4v) is 2.91. The van der Waals surface area contributed by atoms with Crippen molar-refractivity contribution in [2.45, 2.75) is 4.21 Å². The average Bonchev–Trinajstić information content (AvgIpc) is 2.58. The summed E-state index contributed by atoms with van der Waals surface area (Å²) >= 11 is 9.13. The largest absolute Gasteiger partial charge is 0.377 e. The summed E-state index contributed by atoms with van der Waals surface area (Å²) in [6.45, 7) is 1.29. The van der Waals surface area contributed by atoms with Gasteiger partial charge in [0.05, 0.1) is 31.1 Å². The molecule has 0 saturated carbocycles. The smallest absolute Gasteiger partial charge is 0.157 e. The lowest BCUT2D eigenvalue weighted by atomic mass is 10.3. The molecule has 1 aromatic rings. The van der Waals surface area contributed by atoms with Crippen LogP contribution < -0.4 is 0 Å². The minimum atomic E-state index is -0.495. The Hall–Kier alpha value is 0.160. The van der Waals surface area contributed by atoms with E-state index in [4.69, 9.17) is 16.3 Å². The van der Waals surface area contributed by atoms with Crippen LogP contribution in [0.2, 0.25) is 0 Å². The summed E-state index contributed by atoms with van der Waals surface area (Å²) in [5.41, 5.74) is 0.818. The van der Waals surface area contributed by atoms with Crippen molar-refractivity contribution in [3.8, 4) is 0 Å². The van der Waals surface area contributed by atoms with Gasteiger partial charge >= 0.3 is 0 Å². The van der Waals surface area contributed by atoms with Crippen molar-refractivity contribution in [3.63, 3.8) is 0 Å². The van der Waals surface area contributed by atoms with E-state index in [9.17, 15) is 0 Å². The molecule has 0 spiro atoms. The van der Waals surface area contributed by atoms with Gasteiger partial charge < -0.3 is 4.74 Å². The number of halogens is 1. The Labute approximate surface area is 83.8 Å². The predicted octanol–water partition coefficient (Wildman–Crippen LogP) is 1.69. The Kier molecular flexibility index (Phi) is 2.55. The van der Waals surface area contributed by atoms with Gasteiger partial charge in [-0.15, -0.1) is 11.8 Å². The molecule has 12 heavy (non-hydrogen) atoms. The number of alkyl halides is 1. The first-order valence-corrected chi connectivity index (χ1v) is 5.59. The van der Waals surface area contributed by atoms with Crippen LogP contribution in [0.4, 0.5) is 0 Å². The van der Waals surface area contributed by atoms with Gasteiger partial charge in [0.25, 0.3) is 0 Å². The number of aromatic nitrogens is 2. The molecule has 2 rings (SSSR count). The van der Waals surface area contributed by atoms with Crippen molar-refractivity contribution < 1.29 is 4.74 Å². The van der Waals surface area contributed by atoms with E-state index in [1.54, 1.807) is 18.0 Å². The Morgan fingerprint density at radius 1 is 1.67 bits per heavy atom. The third-order valence-electron chi connectivity index (χ3n) is 1.59. The molecule has 66 valence electrons. The maximum atomic E-state index is 6.28. The molecule has 0 radical (unpaired) electrons. The van der Waals surface area contributed by atoms with E-state index in [1.165, 1.54) is 11.7 Å². The van der Waals surface area contributed by atoms with Gasteiger partial charge in [-0.25, -0.2) is 0 Å². The van der Waals surface area contributed by atoms with Gasteiger partial charge in [-0.3, -0.25) is 0 Å². The Morgan fingerprint density at radius 2 is 2.58 bits per heavy atom. The second-order valence-electron chi connectivity index (χ2n) is 2.42. The van der Waals surface area contributed by atoms with Crippen LogP contribution in [0.1, 0.15) is 5.69 Å². The van der Waals surface area contributed by atoms with Gasteiger partial charge in [-0.1, -0.05) is 11.6 Å². The van der Waals surface area contributed by atoms with Crippen LogP contribution in [0, 0.1) is 0 Å². The zero-order chi connectivity index (χ0) is 8.44. The third kappa shape index (κ3) is 1.59. The first-order valence-electron chi connectivity index (χ1n) is 3.50. The van der Waals surface area contributed by atoms with E-state index in [-0.39, 0.29) is 0 Å². The molecule has 6 heteroatoms. The highest BCUT2D eigenvalue weighted by Crippen LogP contribution is 2.42. The molecule has 1 aliphatic rings. The fourth-order valence-electron chi connectivity index (χ4n) is 0.985. The summed E-state index contributed by atoms with van der Waals surface area (Å²) < 4.78 is 12.8. The van der Waals surface area contributed by atoms with Gasteiger partial charge in [-0.2, -0.15) is 8.75 Å². The van der Waals surface area contributed by atoms with Gasteiger partial charge in [-0.05, 0) is 0 Å². The maximum Gasteiger partial charge on any atom is 0.157 e. The number of ether oxygens (including phenoxy) is 1. The molecule has 1 aromatic heterocycles. The lowest BCUT2D eigenvalue weighted by molar-refractivity contribution is 0.134. The van der Waals surface area contributed by atoms with Crippen LogP contribution in [0.5, 0.6) is 0 Å². The molecule has 1 fully saturated rings. The first-order chi connectivity index (χ1) is 5.81. The van der Waals surface area contributed by atoms with Crippen LogP contribution in [-0.2, 0) is 8.94 Å². The summed E-state index contributed by atoms with van der Waals surface area (Å²) in [4.78, 5) is 0. The van der Waals surface area contributed by atoms with Crippen LogP contribution in [0.3, 0.4) is 0 Å². The second kappa shape index (κ2) is 3.49. The number of hydrogen-bond donors (Lipinski definition) is 0. The van der Waals surface area contributed by atoms with Gasteiger partial charge in [0.1, 0.15) is 5.69 Å². The van der Waals surface area contributed by atoms with Gasteiger partial charge in [0.15, 0.2) is 4.21 Å². The fraction of sp³-hybridized carbons (Fsp3) is 0.667. The summed E-state index contributed by atoms with van der Waals surface area (Å²) in [6.07, 6.45) is 1.71. The van der Waals surface area contributed by atoms with Crippen molar-refractivity contribution in [2.24, 2.45) is 0 Å². The van der Waals surface area contributed by atoms with E-state index < -0.39 is 4.21 Å². The van der Waals surface area contributed by atoms with Gasteiger partial charge in [0, 0.05) is 5.75 Å². The second-order valence-corrected chi connectivity index (χ2v) is 5.24. The Morgan fingerprint density at radius 3 is 3.17 bits per heavy atom. The molecular weight excluding hydrogens is 216 g/mol.